The van der Waals surface area contributed by atoms with Crippen LogP contribution in [0.2, 0.25) is 0 Å². The average Bonchev–Trinajstić information content (AvgIpc) is 1.63. The lowest BCUT2D eigenvalue weighted by molar-refractivity contribution is -0.142. The van der Waals surface area contributed by atoms with Crippen molar-refractivity contribution in [3.05, 3.63) is 0 Å². The predicted molar refractivity (Wildman–Crippen MR) is 41.2 cm³/mol. The van der Waals surface area contributed by atoms with Crippen LogP contribution in [0.25, 0.3) is 0 Å². The van der Waals surface area contributed by atoms with Gasteiger partial charge in [0.15, 0.2) is 0 Å². The lowest BCUT2D eigenvalue weighted by atomic mass is 10.7. The zero-order valence-corrected chi connectivity index (χ0v) is 8.11. The molecule has 0 spiro atoms. The summed E-state index contributed by atoms with van der Waals surface area (Å²) in [5.74, 6) is -0.258. The number of hydrogen-bond acceptors (Lipinski definition) is 3. The first kappa shape index (κ1) is 9.39. The van der Waals surface area contributed by atoms with E-state index in [0.717, 1.165) is 0 Å². The van der Waals surface area contributed by atoms with Crippen LogP contribution in [0.4, 0.5) is 0 Å². The van der Waals surface area contributed by atoms with E-state index >= 15 is 0 Å². The lowest BCUT2D eigenvalue weighted by Gasteiger charge is -2.02. The standard InChI is InChI=1S/C4H7Br2NO2/c1-2-9-4(8)3-7(5)6/h2-3H2,1H3. The number of carbonyl (C=O) groups is 1. The zero-order chi connectivity index (χ0) is 7.28. The summed E-state index contributed by atoms with van der Waals surface area (Å²) >= 11 is 5.99. The Kier molecular flexibility index (Phi) is 5.42. The van der Waals surface area contributed by atoms with Crippen LogP contribution in [0.3, 0.4) is 0 Å². The molecule has 0 aliphatic carbocycles. The van der Waals surface area contributed by atoms with Crippen molar-refractivity contribution in [2.75, 3.05) is 13.2 Å². The highest BCUT2D eigenvalue weighted by Gasteiger charge is 2.03. The first-order chi connectivity index (χ1) is 4.16. The van der Waals surface area contributed by atoms with E-state index in [1.165, 1.54) is 2.95 Å². The Balaban J connectivity index is 3.27. The van der Waals surface area contributed by atoms with Gasteiger partial charge < -0.3 is 4.74 Å². The molecule has 0 aromatic rings. The van der Waals surface area contributed by atoms with Crippen LogP contribution in [0, 0.1) is 0 Å². The molecule has 0 aromatic carbocycles. The number of esters is 1. The molecular weight excluding hydrogens is 254 g/mol. The van der Waals surface area contributed by atoms with E-state index in [2.05, 4.69) is 37.0 Å². The Morgan fingerprint density at radius 2 is 2.22 bits per heavy atom. The van der Waals surface area contributed by atoms with Crippen molar-refractivity contribution in [2.24, 2.45) is 0 Å². The highest BCUT2D eigenvalue weighted by Crippen LogP contribution is 2.03. The largest absolute Gasteiger partial charge is 0.465 e. The summed E-state index contributed by atoms with van der Waals surface area (Å²) in [5, 5.41) is 0. The molecule has 9 heavy (non-hydrogen) atoms. The molecule has 0 atom stereocenters. The Morgan fingerprint density at radius 3 is 2.56 bits per heavy atom. The topological polar surface area (TPSA) is 29.5 Å². The summed E-state index contributed by atoms with van der Waals surface area (Å²) in [4.78, 5) is 10.5. The number of ether oxygens (including phenoxy) is 1. The van der Waals surface area contributed by atoms with Gasteiger partial charge >= 0.3 is 5.97 Å². The molecule has 0 unspecified atom stereocenters. The van der Waals surface area contributed by atoms with Gasteiger partial charge in [0.25, 0.3) is 0 Å². The van der Waals surface area contributed by atoms with Crippen molar-refractivity contribution >= 4 is 38.3 Å². The molecule has 0 N–H and O–H groups in total. The molecule has 0 saturated heterocycles. The second kappa shape index (κ2) is 5.20. The summed E-state index contributed by atoms with van der Waals surface area (Å²) in [6.45, 7) is 2.39. The van der Waals surface area contributed by atoms with Crippen molar-refractivity contribution < 1.29 is 9.53 Å². The molecule has 0 aliphatic rings. The number of carbonyl (C=O) groups excluding carboxylic acids is 1. The van der Waals surface area contributed by atoms with E-state index in [1.54, 1.807) is 6.92 Å². The van der Waals surface area contributed by atoms with Crippen LogP contribution >= 0.6 is 32.3 Å². The first-order valence-electron chi connectivity index (χ1n) is 2.41. The Hall–Kier alpha value is 0.390. The van der Waals surface area contributed by atoms with Crippen molar-refractivity contribution in [3.8, 4) is 0 Å². The Labute approximate surface area is 71.0 Å². The molecule has 54 valence electrons. The summed E-state index contributed by atoms with van der Waals surface area (Å²) in [7, 11) is 0. The average molecular weight is 261 g/mol. The fourth-order valence-electron chi connectivity index (χ4n) is 0.304. The van der Waals surface area contributed by atoms with Gasteiger partial charge in [0.1, 0.15) is 6.54 Å². The van der Waals surface area contributed by atoms with Gasteiger partial charge in [-0.1, -0.05) is 0 Å². The maximum Gasteiger partial charge on any atom is 0.322 e. The molecule has 0 amide bonds. The molecule has 0 heterocycles. The summed E-state index contributed by atoms with van der Waals surface area (Å²) in [6.07, 6.45) is 0. The number of halogens is 2. The zero-order valence-electron chi connectivity index (χ0n) is 4.93. The van der Waals surface area contributed by atoms with Gasteiger partial charge in [-0.05, 0) is 6.92 Å². The van der Waals surface area contributed by atoms with Crippen molar-refractivity contribution in [2.45, 2.75) is 6.92 Å². The fourth-order valence-corrected chi connectivity index (χ4v) is 0.714. The lowest BCUT2D eigenvalue weighted by Crippen LogP contribution is -2.15. The molecule has 0 bridgehead atoms. The van der Waals surface area contributed by atoms with E-state index in [4.69, 9.17) is 0 Å². The van der Waals surface area contributed by atoms with Gasteiger partial charge in [0.05, 0.1) is 6.61 Å². The molecule has 0 radical (unpaired) electrons. The fraction of sp³-hybridized carbons (Fsp3) is 0.750. The van der Waals surface area contributed by atoms with Gasteiger partial charge in [0.2, 0.25) is 0 Å². The molecule has 0 saturated carbocycles. The number of hydrogen-bond donors (Lipinski definition) is 0. The first-order valence-corrected chi connectivity index (χ1v) is 3.83. The smallest absolute Gasteiger partial charge is 0.322 e. The number of nitrogens with zero attached hydrogens (tertiary/aromatic N) is 1. The third-order valence-electron chi connectivity index (χ3n) is 0.554. The highest BCUT2D eigenvalue weighted by atomic mass is 79.9. The van der Waals surface area contributed by atoms with E-state index < -0.39 is 0 Å². The van der Waals surface area contributed by atoms with E-state index in [1.807, 2.05) is 0 Å². The number of rotatable bonds is 3. The van der Waals surface area contributed by atoms with Crippen LogP contribution in [-0.4, -0.2) is 22.1 Å². The molecular formula is C4H7Br2NO2. The normalized spacial score (nSPS) is 9.78. The summed E-state index contributed by atoms with van der Waals surface area (Å²) < 4.78 is 6.01. The minimum Gasteiger partial charge on any atom is -0.465 e. The monoisotopic (exact) mass is 259 g/mol. The van der Waals surface area contributed by atoms with Crippen LogP contribution in [0.1, 0.15) is 6.92 Å². The molecule has 5 heteroatoms. The van der Waals surface area contributed by atoms with Crippen molar-refractivity contribution in [1.82, 2.24) is 2.95 Å². The van der Waals surface area contributed by atoms with Gasteiger partial charge in [-0.2, -0.15) is 2.95 Å². The van der Waals surface area contributed by atoms with Gasteiger partial charge in [0, 0.05) is 32.3 Å². The summed E-state index contributed by atoms with van der Waals surface area (Å²) in [5.41, 5.74) is 0. The minimum atomic E-state index is -0.258. The minimum absolute atomic E-state index is 0.202. The molecule has 3 nitrogen and oxygen atoms in total. The quantitative estimate of drug-likeness (QED) is 0.569. The van der Waals surface area contributed by atoms with E-state index in [0.29, 0.717) is 6.61 Å². The third kappa shape index (κ3) is 6.27. The van der Waals surface area contributed by atoms with Crippen LogP contribution in [-0.2, 0) is 9.53 Å². The van der Waals surface area contributed by atoms with Gasteiger partial charge in [-0.15, -0.1) is 0 Å². The maximum absolute atomic E-state index is 10.5. The van der Waals surface area contributed by atoms with Crippen LogP contribution < -0.4 is 0 Å². The van der Waals surface area contributed by atoms with Crippen molar-refractivity contribution in [3.63, 3.8) is 0 Å². The molecule has 0 aromatic heterocycles. The predicted octanol–water partition coefficient (Wildman–Crippen LogP) is 1.47. The summed E-state index contributed by atoms with van der Waals surface area (Å²) in [6, 6.07) is 0. The van der Waals surface area contributed by atoms with E-state index in [-0.39, 0.29) is 12.5 Å². The Morgan fingerprint density at radius 1 is 1.67 bits per heavy atom. The van der Waals surface area contributed by atoms with E-state index in [9.17, 15) is 4.79 Å². The SMILES string of the molecule is CCOC(=O)CN(Br)Br. The Bertz CT molecular complexity index is 96.6. The third-order valence-corrected chi connectivity index (χ3v) is 1.06. The molecule has 0 fully saturated rings. The molecule has 0 aliphatic heterocycles. The van der Waals surface area contributed by atoms with Crippen LogP contribution in [0.15, 0.2) is 0 Å². The highest BCUT2D eigenvalue weighted by molar-refractivity contribution is 9.21. The second-order valence-corrected chi connectivity index (χ2v) is 3.93. The van der Waals surface area contributed by atoms with Gasteiger partial charge in [-0.25, -0.2) is 0 Å². The van der Waals surface area contributed by atoms with Crippen LogP contribution in [0.5, 0.6) is 0 Å². The van der Waals surface area contributed by atoms with Gasteiger partial charge in [-0.3, -0.25) is 4.79 Å². The second-order valence-electron chi connectivity index (χ2n) is 1.27. The maximum atomic E-state index is 10.5. The molecule has 0 rings (SSSR count). The van der Waals surface area contributed by atoms with Crippen molar-refractivity contribution in [1.29, 1.82) is 0 Å².